The van der Waals surface area contributed by atoms with Crippen LogP contribution in [-0.4, -0.2) is 62.8 Å². The lowest BCUT2D eigenvalue weighted by Gasteiger charge is -2.42. The molecular weight excluding hydrogens is 374 g/mol. The van der Waals surface area contributed by atoms with E-state index in [0.717, 1.165) is 35.3 Å². The molecule has 3 saturated heterocycles. The van der Waals surface area contributed by atoms with Crippen molar-refractivity contribution in [1.29, 1.82) is 0 Å². The number of carbonyl (C=O) groups excluding carboxylic acids is 1. The second kappa shape index (κ2) is 7.06. The molecule has 3 aromatic rings. The molecule has 6 nitrogen and oxygen atoms in total. The summed E-state index contributed by atoms with van der Waals surface area (Å²) >= 11 is 0. The van der Waals surface area contributed by atoms with Crippen LogP contribution in [0.4, 0.5) is 4.79 Å². The highest BCUT2D eigenvalue weighted by Crippen LogP contribution is 2.28. The molecule has 4 aliphatic heterocycles. The van der Waals surface area contributed by atoms with E-state index in [2.05, 4.69) is 57.8 Å². The van der Waals surface area contributed by atoms with E-state index in [1.54, 1.807) is 0 Å². The van der Waals surface area contributed by atoms with Gasteiger partial charge in [-0.1, -0.05) is 24.3 Å². The second-order valence-electron chi connectivity index (χ2n) is 8.74. The maximum Gasteiger partial charge on any atom is 0.491 e. The summed E-state index contributed by atoms with van der Waals surface area (Å²) in [5.74, 6) is 0.613. The van der Waals surface area contributed by atoms with Crippen LogP contribution in [0.3, 0.4) is 0 Å². The summed E-state index contributed by atoms with van der Waals surface area (Å²) < 4.78 is 3.97. The molecule has 7 rings (SSSR count). The SMILES string of the molecule is O=C(N[C@@H]1CN2CCC1CC2)[N+]1=C(c2ccc3cncn3c2)c2ccccc2CC1. The summed E-state index contributed by atoms with van der Waals surface area (Å²) in [4.78, 5) is 20.2. The molecule has 0 aliphatic carbocycles. The number of fused-ring (bicyclic) bond motifs is 5. The van der Waals surface area contributed by atoms with Gasteiger partial charge in [0, 0.05) is 36.2 Å². The zero-order valence-electron chi connectivity index (χ0n) is 17.0. The molecule has 2 aromatic heterocycles. The van der Waals surface area contributed by atoms with Gasteiger partial charge in [0.1, 0.15) is 11.8 Å². The molecule has 1 atom stereocenters. The lowest BCUT2D eigenvalue weighted by atomic mass is 9.84. The van der Waals surface area contributed by atoms with Gasteiger partial charge in [-0.15, -0.1) is 0 Å². The summed E-state index contributed by atoms with van der Waals surface area (Å²) in [7, 11) is 0. The third kappa shape index (κ3) is 2.94. The minimum atomic E-state index is 0.0315. The number of hydrogen-bond donors (Lipinski definition) is 1. The number of aromatic nitrogens is 2. The molecule has 6 heteroatoms. The Hall–Kier alpha value is -2.99. The lowest BCUT2D eigenvalue weighted by molar-refractivity contribution is -0.430. The van der Waals surface area contributed by atoms with Gasteiger partial charge in [-0.3, -0.25) is 4.90 Å². The van der Waals surface area contributed by atoms with E-state index in [0.29, 0.717) is 12.5 Å². The topological polar surface area (TPSA) is 52.7 Å². The summed E-state index contributed by atoms with van der Waals surface area (Å²) in [5, 5.41) is 3.39. The average Bonchev–Trinajstić information content (AvgIpc) is 3.27. The Balaban J connectivity index is 1.42. The summed E-state index contributed by atoms with van der Waals surface area (Å²) in [5.41, 5.74) is 5.52. The van der Waals surface area contributed by atoms with Gasteiger partial charge < -0.3 is 4.40 Å². The first-order valence-electron chi connectivity index (χ1n) is 10.9. The predicted octanol–water partition coefficient (Wildman–Crippen LogP) is 2.54. The van der Waals surface area contributed by atoms with Crippen LogP contribution >= 0.6 is 0 Å². The maximum absolute atomic E-state index is 13.5. The van der Waals surface area contributed by atoms with E-state index < -0.39 is 0 Å². The summed E-state index contributed by atoms with van der Waals surface area (Å²) in [6.45, 7) is 4.03. The van der Waals surface area contributed by atoms with Crippen LogP contribution in [0.2, 0.25) is 0 Å². The van der Waals surface area contributed by atoms with E-state index in [4.69, 9.17) is 0 Å². The molecule has 1 aromatic carbocycles. The fraction of sp³-hybridized carbons (Fsp3) is 0.375. The highest BCUT2D eigenvalue weighted by molar-refractivity contribution is 6.12. The van der Waals surface area contributed by atoms with Crippen molar-refractivity contribution in [3.05, 3.63) is 71.8 Å². The Kier molecular flexibility index (Phi) is 4.20. The number of pyridine rings is 1. The molecule has 30 heavy (non-hydrogen) atoms. The number of carbonyl (C=O) groups is 1. The molecule has 0 saturated carbocycles. The zero-order valence-corrected chi connectivity index (χ0v) is 17.0. The first-order chi connectivity index (χ1) is 14.8. The minimum absolute atomic E-state index is 0.0315. The van der Waals surface area contributed by atoms with Crippen molar-refractivity contribution in [2.24, 2.45) is 5.92 Å². The Morgan fingerprint density at radius 3 is 2.83 bits per heavy atom. The largest absolute Gasteiger partial charge is 0.491 e. The van der Waals surface area contributed by atoms with E-state index in [9.17, 15) is 4.79 Å². The van der Waals surface area contributed by atoms with Crippen molar-refractivity contribution >= 4 is 17.3 Å². The molecular formula is C24H26N5O+. The summed E-state index contributed by atoms with van der Waals surface area (Å²) in [6, 6.07) is 12.9. The van der Waals surface area contributed by atoms with Crippen molar-refractivity contribution in [2.45, 2.75) is 25.3 Å². The van der Waals surface area contributed by atoms with Gasteiger partial charge in [0.15, 0.2) is 0 Å². The Morgan fingerprint density at radius 1 is 1.13 bits per heavy atom. The number of urea groups is 1. The number of hydrogen-bond acceptors (Lipinski definition) is 3. The number of nitrogens with zero attached hydrogens (tertiary/aromatic N) is 4. The fourth-order valence-electron chi connectivity index (χ4n) is 5.40. The van der Waals surface area contributed by atoms with Crippen LogP contribution in [0.1, 0.15) is 29.5 Å². The molecule has 3 fully saturated rings. The van der Waals surface area contributed by atoms with Crippen LogP contribution in [0.15, 0.2) is 55.1 Å². The molecule has 0 spiro atoms. The second-order valence-corrected chi connectivity index (χ2v) is 8.74. The van der Waals surface area contributed by atoms with Crippen LogP contribution in [0.25, 0.3) is 5.52 Å². The standard InChI is InChI=1S/C24H25N5O/c30-24(26-22-15-27-10-7-18(22)8-11-27)29-12-9-17-3-1-2-4-21(17)23(29)19-5-6-20-13-25-16-28(20)14-19/h1-6,13-14,16,18,22H,7-12,15H2/p+1/t22-/m1/s1. The predicted molar refractivity (Wildman–Crippen MR) is 115 cm³/mol. The van der Waals surface area contributed by atoms with Crippen molar-refractivity contribution in [3.8, 4) is 0 Å². The van der Waals surface area contributed by atoms with E-state index in [1.807, 2.05) is 21.5 Å². The normalized spacial score (nSPS) is 25.4. The highest BCUT2D eigenvalue weighted by atomic mass is 16.2. The number of piperidine rings is 3. The maximum atomic E-state index is 13.5. The van der Waals surface area contributed by atoms with E-state index in [1.165, 1.54) is 31.5 Å². The van der Waals surface area contributed by atoms with Crippen molar-refractivity contribution in [1.82, 2.24) is 19.6 Å². The fourth-order valence-corrected chi connectivity index (χ4v) is 5.40. The number of amides is 2. The molecule has 1 N–H and O–H groups in total. The molecule has 6 heterocycles. The first-order valence-corrected chi connectivity index (χ1v) is 10.9. The van der Waals surface area contributed by atoms with Crippen molar-refractivity contribution < 1.29 is 9.37 Å². The summed E-state index contributed by atoms with van der Waals surface area (Å²) in [6.07, 6.45) is 9.01. The Bertz CT molecular complexity index is 1160. The minimum Gasteiger partial charge on any atom is -0.306 e. The number of imidazole rings is 1. The van der Waals surface area contributed by atoms with Gasteiger partial charge in [0.2, 0.25) is 0 Å². The van der Waals surface area contributed by atoms with E-state index in [-0.39, 0.29) is 12.1 Å². The van der Waals surface area contributed by atoms with Gasteiger partial charge in [-0.25, -0.2) is 10.3 Å². The van der Waals surface area contributed by atoms with Gasteiger partial charge >= 0.3 is 6.03 Å². The molecule has 152 valence electrons. The Labute approximate surface area is 175 Å². The molecule has 2 amide bonds. The lowest BCUT2D eigenvalue weighted by Crippen LogP contribution is -2.58. The number of benzene rings is 1. The van der Waals surface area contributed by atoms with Gasteiger partial charge in [0.25, 0.3) is 0 Å². The Morgan fingerprint density at radius 2 is 2.00 bits per heavy atom. The van der Waals surface area contributed by atoms with Crippen LogP contribution in [0.5, 0.6) is 0 Å². The number of nitrogens with one attached hydrogen (secondary N) is 1. The van der Waals surface area contributed by atoms with Crippen molar-refractivity contribution in [3.63, 3.8) is 0 Å². The van der Waals surface area contributed by atoms with E-state index >= 15 is 0 Å². The van der Waals surface area contributed by atoms with Crippen LogP contribution in [0, 0.1) is 5.92 Å². The average molecular weight is 401 g/mol. The number of rotatable bonds is 2. The molecule has 2 bridgehead atoms. The van der Waals surface area contributed by atoms with Gasteiger partial charge in [-0.05, 0) is 43.6 Å². The monoisotopic (exact) mass is 400 g/mol. The highest BCUT2D eigenvalue weighted by Gasteiger charge is 2.39. The van der Waals surface area contributed by atoms with Gasteiger partial charge in [0.05, 0.1) is 24.6 Å². The quantitative estimate of drug-likeness (QED) is 0.673. The van der Waals surface area contributed by atoms with Crippen LogP contribution < -0.4 is 5.32 Å². The third-order valence-electron chi connectivity index (χ3n) is 7.04. The molecule has 0 unspecified atom stereocenters. The molecule has 0 radical (unpaired) electrons. The van der Waals surface area contributed by atoms with Crippen LogP contribution in [-0.2, 0) is 6.42 Å². The van der Waals surface area contributed by atoms with Gasteiger partial charge in [-0.2, -0.15) is 9.37 Å². The van der Waals surface area contributed by atoms with Crippen molar-refractivity contribution in [2.75, 3.05) is 26.2 Å². The molecule has 4 aliphatic rings. The third-order valence-corrected chi connectivity index (χ3v) is 7.04. The zero-order chi connectivity index (χ0) is 20.1. The first kappa shape index (κ1) is 17.8. The smallest absolute Gasteiger partial charge is 0.306 e.